The average Bonchev–Trinajstić information content (AvgIpc) is 3.17. The zero-order valence-corrected chi connectivity index (χ0v) is 24.3. The van der Waals surface area contributed by atoms with E-state index in [0.29, 0.717) is 40.5 Å². The highest BCUT2D eigenvalue weighted by Gasteiger charge is 2.55. The molecule has 2 aromatic rings. The molecule has 1 saturated heterocycles. The molecule has 4 aliphatic carbocycles. The molecule has 0 unspecified atom stereocenters. The first-order valence-corrected chi connectivity index (χ1v) is 15.0. The lowest BCUT2D eigenvalue weighted by Gasteiger charge is -2.55. The molecule has 5 aliphatic rings. The van der Waals surface area contributed by atoms with Gasteiger partial charge in [0.25, 0.3) is 11.1 Å². The van der Waals surface area contributed by atoms with Crippen molar-refractivity contribution in [2.75, 3.05) is 19.0 Å². The normalized spacial score (nSPS) is 27.4. The van der Waals surface area contributed by atoms with Crippen LogP contribution in [0.3, 0.4) is 0 Å². The van der Waals surface area contributed by atoms with Crippen LogP contribution < -0.4 is 14.8 Å². The summed E-state index contributed by atoms with van der Waals surface area (Å²) in [4.78, 5) is 52.8. The second-order valence-electron chi connectivity index (χ2n) is 12.1. The number of hydrogen-bond acceptors (Lipinski definition) is 7. The molecule has 0 atom stereocenters. The van der Waals surface area contributed by atoms with Crippen molar-refractivity contribution in [1.82, 2.24) is 4.90 Å². The third-order valence-electron chi connectivity index (χ3n) is 8.99. The van der Waals surface area contributed by atoms with Gasteiger partial charge in [0.1, 0.15) is 6.54 Å². The number of benzene rings is 2. The molecule has 7 rings (SSSR count). The molecule has 1 N–H and O–H groups in total. The Morgan fingerprint density at radius 3 is 2.32 bits per heavy atom. The molecule has 8 nitrogen and oxygen atoms in total. The van der Waals surface area contributed by atoms with Gasteiger partial charge in [0.2, 0.25) is 5.91 Å². The van der Waals surface area contributed by atoms with Gasteiger partial charge in [-0.3, -0.25) is 24.1 Å². The standard InChI is InChI=1S/C32H34N2O6S/c1-18-4-6-24(19(2)8-18)33-28(35)17-34-29(36)27(41-31(34)38)13-20-5-7-25(26(12-20)39-3)40-30(37)32-14-21-9-22(15-32)11-23(10-21)16-32/h4-8,12-13,21-23H,9-11,14-17H2,1-3H3,(H,33,35)/b27-13-. The highest BCUT2D eigenvalue weighted by atomic mass is 32.2. The number of anilines is 1. The van der Waals surface area contributed by atoms with Gasteiger partial charge in [-0.1, -0.05) is 23.8 Å². The zero-order valence-electron chi connectivity index (χ0n) is 23.5. The number of methoxy groups -OCH3 is 1. The lowest BCUT2D eigenvalue weighted by atomic mass is 9.49. The molecule has 214 valence electrons. The lowest BCUT2D eigenvalue weighted by molar-refractivity contribution is -0.161. The Morgan fingerprint density at radius 2 is 1.68 bits per heavy atom. The summed E-state index contributed by atoms with van der Waals surface area (Å²) in [6, 6.07) is 10.7. The molecule has 41 heavy (non-hydrogen) atoms. The highest BCUT2D eigenvalue weighted by Crippen LogP contribution is 2.60. The minimum Gasteiger partial charge on any atom is -0.493 e. The van der Waals surface area contributed by atoms with Crippen LogP contribution in [0.15, 0.2) is 41.3 Å². The van der Waals surface area contributed by atoms with Crippen LogP contribution in [0.2, 0.25) is 0 Å². The predicted molar refractivity (Wildman–Crippen MR) is 156 cm³/mol. The molecule has 0 spiro atoms. The van der Waals surface area contributed by atoms with Gasteiger partial charge < -0.3 is 14.8 Å². The Bertz CT molecular complexity index is 1450. The van der Waals surface area contributed by atoms with E-state index < -0.39 is 17.1 Å². The summed E-state index contributed by atoms with van der Waals surface area (Å²) < 4.78 is 11.5. The first kappa shape index (κ1) is 27.6. The number of carbonyl (C=O) groups excluding carboxylic acids is 4. The van der Waals surface area contributed by atoms with E-state index in [1.165, 1.54) is 26.4 Å². The molecular formula is C32H34N2O6S. The number of hydrogen-bond donors (Lipinski definition) is 1. The van der Waals surface area contributed by atoms with Crippen LogP contribution in [0.25, 0.3) is 6.08 Å². The van der Waals surface area contributed by atoms with Gasteiger partial charge in [-0.25, -0.2) is 0 Å². The van der Waals surface area contributed by atoms with Crippen LogP contribution >= 0.6 is 11.8 Å². The molecule has 2 aromatic carbocycles. The number of imide groups is 1. The van der Waals surface area contributed by atoms with Crippen LogP contribution in [0.1, 0.15) is 55.2 Å². The molecule has 4 saturated carbocycles. The summed E-state index contributed by atoms with van der Waals surface area (Å²) in [7, 11) is 1.50. The molecule has 0 radical (unpaired) electrons. The average molecular weight is 575 g/mol. The van der Waals surface area contributed by atoms with Crippen LogP contribution in [0.4, 0.5) is 10.5 Å². The van der Waals surface area contributed by atoms with Crippen molar-refractivity contribution < 1.29 is 28.7 Å². The van der Waals surface area contributed by atoms with Crippen LogP contribution in [-0.2, 0) is 14.4 Å². The highest BCUT2D eigenvalue weighted by molar-refractivity contribution is 8.18. The maximum Gasteiger partial charge on any atom is 0.317 e. The molecule has 1 aliphatic heterocycles. The topological polar surface area (TPSA) is 102 Å². The van der Waals surface area contributed by atoms with Gasteiger partial charge in [0.15, 0.2) is 11.5 Å². The Balaban J connectivity index is 1.13. The monoisotopic (exact) mass is 574 g/mol. The minimum absolute atomic E-state index is 0.164. The van der Waals surface area contributed by atoms with Crippen LogP contribution in [-0.4, -0.2) is 41.6 Å². The van der Waals surface area contributed by atoms with E-state index in [-0.39, 0.29) is 22.8 Å². The smallest absolute Gasteiger partial charge is 0.317 e. The number of rotatable bonds is 7. The fourth-order valence-corrected chi connectivity index (χ4v) is 8.34. The molecule has 0 aromatic heterocycles. The van der Waals surface area contributed by atoms with Crippen molar-refractivity contribution >= 4 is 46.5 Å². The van der Waals surface area contributed by atoms with Gasteiger partial charge in [-0.15, -0.1) is 0 Å². The number of ether oxygens (including phenoxy) is 2. The summed E-state index contributed by atoms with van der Waals surface area (Å²) in [6.07, 6.45) is 8.05. The summed E-state index contributed by atoms with van der Waals surface area (Å²) in [6.45, 7) is 3.47. The summed E-state index contributed by atoms with van der Waals surface area (Å²) in [5.74, 6) is 1.47. The summed E-state index contributed by atoms with van der Waals surface area (Å²) >= 11 is 0.783. The van der Waals surface area contributed by atoms with E-state index >= 15 is 0 Å². The minimum atomic E-state index is -0.535. The fourth-order valence-electron chi connectivity index (χ4n) is 7.50. The van der Waals surface area contributed by atoms with Crippen LogP contribution in [0.5, 0.6) is 11.5 Å². The van der Waals surface area contributed by atoms with Crippen molar-refractivity contribution in [2.24, 2.45) is 23.2 Å². The van der Waals surface area contributed by atoms with Crippen molar-refractivity contribution in [1.29, 1.82) is 0 Å². The van der Waals surface area contributed by atoms with E-state index in [1.54, 1.807) is 30.3 Å². The largest absolute Gasteiger partial charge is 0.493 e. The molecule has 9 heteroatoms. The van der Waals surface area contributed by atoms with Gasteiger partial charge >= 0.3 is 5.97 Å². The van der Waals surface area contributed by atoms with Crippen LogP contribution in [0, 0.1) is 37.0 Å². The number of esters is 1. The van der Waals surface area contributed by atoms with E-state index in [0.717, 1.165) is 47.1 Å². The van der Waals surface area contributed by atoms with E-state index in [2.05, 4.69) is 5.32 Å². The van der Waals surface area contributed by atoms with Gasteiger partial charge in [0, 0.05) is 5.69 Å². The van der Waals surface area contributed by atoms with Gasteiger partial charge in [-0.05, 0) is 117 Å². The lowest BCUT2D eigenvalue weighted by Crippen LogP contribution is -2.51. The van der Waals surface area contributed by atoms with E-state index in [1.807, 2.05) is 26.0 Å². The molecule has 3 amide bonds. The number of nitrogens with zero attached hydrogens (tertiary/aromatic N) is 1. The maximum absolute atomic E-state index is 13.4. The Kier molecular flexibility index (Phi) is 7.18. The predicted octanol–water partition coefficient (Wildman–Crippen LogP) is 6.11. The fraction of sp³-hybridized carbons (Fsp3) is 0.438. The SMILES string of the molecule is COc1cc(/C=C2\SC(=O)N(CC(=O)Nc3ccc(C)cc3C)C2=O)ccc1OC(=O)C12CC3CC(CC(C3)C1)C2. The molecular weight excluding hydrogens is 540 g/mol. The molecule has 4 bridgehead atoms. The van der Waals surface area contributed by atoms with Gasteiger partial charge in [-0.2, -0.15) is 0 Å². The number of thioether (sulfide) groups is 1. The quantitative estimate of drug-likeness (QED) is 0.242. The summed E-state index contributed by atoms with van der Waals surface area (Å²) in [5.41, 5.74) is 2.83. The van der Waals surface area contributed by atoms with E-state index in [4.69, 9.17) is 9.47 Å². The zero-order chi connectivity index (χ0) is 28.9. The number of aryl methyl sites for hydroxylation is 2. The Labute approximate surface area is 243 Å². The number of nitrogens with one attached hydrogen (secondary N) is 1. The first-order valence-electron chi connectivity index (χ1n) is 14.2. The number of carbonyl (C=O) groups is 4. The first-order chi connectivity index (χ1) is 19.6. The molecule has 5 fully saturated rings. The second-order valence-corrected chi connectivity index (χ2v) is 13.1. The van der Waals surface area contributed by atoms with Crippen molar-refractivity contribution in [3.05, 3.63) is 58.0 Å². The summed E-state index contributed by atoms with van der Waals surface area (Å²) in [5, 5.41) is 2.27. The van der Waals surface area contributed by atoms with Crippen molar-refractivity contribution in [3.63, 3.8) is 0 Å². The van der Waals surface area contributed by atoms with Gasteiger partial charge in [0.05, 0.1) is 17.4 Å². The van der Waals surface area contributed by atoms with Crippen molar-refractivity contribution in [3.8, 4) is 11.5 Å². The Morgan fingerprint density at radius 1 is 1.00 bits per heavy atom. The third kappa shape index (κ3) is 5.39. The van der Waals surface area contributed by atoms with E-state index in [9.17, 15) is 19.2 Å². The van der Waals surface area contributed by atoms with Crippen molar-refractivity contribution in [2.45, 2.75) is 52.4 Å². The second kappa shape index (κ2) is 10.7. The number of amides is 3. The molecule has 1 heterocycles. The maximum atomic E-state index is 13.4. The third-order valence-corrected chi connectivity index (χ3v) is 9.90. The Hall–Kier alpha value is -3.59.